The lowest BCUT2D eigenvalue weighted by molar-refractivity contribution is -0.138. The molecule has 3 heterocycles. The highest BCUT2D eigenvalue weighted by atomic mass is 19.4. The first kappa shape index (κ1) is 24.8. The molecule has 35 heavy (non-hydrogen) atoms. The van der Waals surface area contributed by atoms with Crippen molar-refractivity contribution in [1.82, 2.24) is 19.4 Å². The third-order valence-corrected chi connectivity index (χ3v) is 6.76. The number of alkyl halides is 4. The topological polar surface area (TPSA) is 63.4 Å². The quantitative estimate of drug-likeness (QED) is 0.498. The molecule has 2 aromatic heterocycles. The van der Waals surface area contributed by atoms with E-state index in [0.29, 0.717) is 35.0 Å². The maximum atomic E-state index is 15.9. The van der Waals surface area contributed by atoms with Gasteiger partial charge in [-0.1, -0.05) is 12.1 Å². The van der Waals surface area contributed by atoms with E-state index in [1.807, 2.05) is 0 Å². The predicted molar refractivity (Wildman–Crippen MR) is 123 cm³/mol. The van der Waals surface area contributed by atoms with Crippen LogP contribution in [-0.4, -0.2) is 38.4 Å². The molecule has 1 amide bonds. The number of halogens is 4. The maximum Gasteiger partial charge on any atom is 0.416 e. The molecule has 0 aliphatic carbocycles. The minimum Gasteiger partial charge on any atom is -0.343 e. The van der Waals surface area contributed by atoms with Gasteiger partial charge in [0.15, 0.2) is 11.2 Å². The lowest BCUT2D eigenvalue weighted by Crippen LogP contribution is -2.42. The number of carbonyl (C=O) groups is 1. The Bertz CT molecular complexity index is 1340. The van der Waals surface area contributed by atoms with E-state index >= 15 is 4.39 Å². The van der Waals surface area contributed by atoms with Gasteiger partial charge >= 0.3 is 6.18 Å². The second-order valence-corrected chi connectivity index (χ2v) is 9.06. The van der Waals surface area contributed by atoms with Gasteiger partial charge in [0.25, 0.3) is 0 Å². The van der Waals surface area contributed by atoms with E-state index in [2.05, 4.69) is 15.0 Å². The Kier molecular flexibility index (Phi) is 6.42. The molecule has 0 radical (unpaired) electrons. The highest BCUT2D eigenvalue weighted by Gasteiger charge is 2.38. The van der Waals surface area contributed by atoms with Gasteiger partial charge in [0.1, 0.15) is 0 Å². The molecule has 1 aromatic carbocycles. The van der Waals surface area contributed by atoms with Crippen molar-refractivity contribution < 1.29 is 22.4 Å². The molecule has 0 saturated carbocycles. The second-order valence-electron chi connectivity index (χ2n) is 9.06. The fraction of sp³-hybridized carbons (Fsp3) is 0.440. The fourth-order valence-corrected chi connectivity index (χ4v) is 4.63. The fourth-order valence-electron chi connectivity index (χ4n) is 4.63. The van der Waals surface area contributed by atoms with E-state index in [0.717, 1.165) is 6.07 Å². The Balaban J connectivity index is 1.78. The van der Waals surface area contributed by atoms with Crippen LogP contribution in [0.25, 0.3) is 10.9 Å². The van der Waals surface area contributed by atoms with Gasteiger partial charge in [0.05, 0.1) is 35.3 Å². The highest BCUT2D eigenvalue weighted by Crippen LogP contribution is 2.37. The molecule has 0 bridgehead atoms. The standard InChI is InChI=1S/C25H27F4N5O/c1-15-18(6-5-7-20(15)25(27,28)29)16(2)32-23-19-12-22(30-13-21(19)33(4)14-31-23)24(26)8-10-34(11-9-24)17(3)35/h5-7,12-14,16H,8-11H2,1-4H3/b32-23-/t16-/m1/s1. The predicted octanol–water partition coefficient (Wildman–Crippen LogP) is 4.76. The first-order valence-electron chi connectivity index (χ1n) is 11.4. The second kappa shape index (κ2) is 9.05. The molecular weight excluding hydrogens is 462 g/mol. The summed E-state index contributed by atoms with van der Waals surface area (Å²) in [4.78, 5) is 26.6. The monoisotopic (exact) mass is 489 g/mol. The Morgan fingerprint density at radius 2 is 1.89 bits per heavy atom. The molecule has 0 N–H and O–H groups in total. The van der Waals surface area contributed by atoms with E-state index in [4.69, 9.17) is 0 Å². The zero-order chi connectivity index (χ0) is 25.5. The third-order valence-electron chi connectivity index (χ3n) is 6.76. The molecule has 0 unspecified atom stereocenters. The minimum absolute atomic E-state index is 0.0882. The molecule has 0 spiro atoms. The Hall–Kier alpha value is -3.30. The van der Waals surface area contributed by atoms with Gasteiger partial charge < -0.3 is 9.47 Å². The number of fused-ring (bicyclic) bond motifs is 1. The van der Waals surface area contributed by atoms with Crippen molar-refractivity contribution >= 4 is 16.8 Å². The van der Waals surface area contributed by atoms with Crippen LogP contribution >= 0.6 is 0 Å². The van der Waals surface area contributed by atoms with Crippen LogP contribution in [0.4, 0.5) is 17.6 Å². The van der Waals surface area contributed by atoms with Gasteiger partial charge in [0.2, 0.25) is 5.91 Å². The van der Waals surface area contributed by atoms with E-state index < -0.39 is 23.5 Å². The summed E-state index contributed by atoms with van der Waals surface area (Å²) in [5, 5.41) is 0.558. The summed E-state index contributed by atoms with van der Waals surface area (Å²) in [6.07, 6.45) is -1.10. The Morgan fingerprint density at radius 1 is 1.20 bits per heavy atom. The summed E-state index contributed by atoms with van der Waals surface area (Å²) in [7, 11) is 1.78. The van der Waals surface area contributed by atoms with Crippen molar-refractivity contribution in [3.8, 4) is 0 Å². The van der Waals surface area contributed by atoms with E-state index in [-0.39, 0.29) is 30.0 Å². The van der Waals surface area contributed by atoms with Crippen LogP contribution < -0.4 is 5.49 Å². The van der Waals surface area contributed by atoms with Crippen LogP contribution in [0, 0.1) is 6.92 Å². The van der Waals surface area contributed by atoms with Gasteiger partial charge in [0, 0.05) is 45.3 Å². The number of aromatic nitrogens is 3. The van der Waals surface area contributed by atoms with E-state index in [9.17, 15) is 18.0 Å². The van der Waals surface area contributed by atoms with Crippen molar-refractivity contribution in [1.29, 1.82) is 0 Å². The molecule has 186 valence electrons. The van der Waals surface area contributed by atoms with Crippen LogP contribution in [0.2, 0.25) is 0 Å². The number of piperidine rings is 1. The van der Waals surface area contributed by atoms with Gasteiger partial charge in [-0.05, 0) is 37.1 Å². The summed E-state index contributed by atoms with van der Waals surface area (Å²) < 4.78 is 57.8. The molecule has 1 saturated heterocycles. The summed E-state index contributed by atoms with van der Waals surface area (Å²) >= 11 is 0. The van der Waals surface area contributed by atoms with Crippen LogP contribution in [0.5, 0.6) is 0 Å². The third kappa shape index (κ3) is 4.78. The number of hydrogen-bond acceptors (Lipinski definition) is 4. The first-order valence-corrected chi connectivity index (χ1v) is 11.4. The number of amides is 1. The van der Waals surface area contributed by atoms with Crippen molar-refractivity contribution in [3.63, 3.8) is 0 Å². The number of nitrogens with zero attached hydrogens (tertiary/aromatic N) is 5. The van der Waals surface area contributed by atoms with Crippen molar-refractivity contribution in [2.45, 2.75) is 51.5 Å². The lowest BCUT2D eigenvalue weighted by Gasteiger charge is -2.35. The van der Waals surface area contributed by atoms with Gasteiger partial charge in [-0.15, -0.1) is 0 Å². The number of pyridine rings is 1. The summed E-state index contributed by atoms with van der Waals surface area (Å²) in [5.74, 6) is -0.0882. The Labute approximate surface area is 200 Å². The average molecular weight is 490 g/mol. The number of hydrogen-bond donors (Lipinski definition) is 0. The molecule has 1 atom stereocenters. The molecule has 4 rings (SSSR count). The van der Waals surface area contributed by atoms with Crippen LogP contribution in [0.15, 0.2) is 41.8 Å². The van der Waals surface area contributed by atoms with Crippen LogP contribution in [-0.2, 0) is 23.7 Å². The summed E-state index contributed by atoms with van der Waals surface area (Å²) in [6, 6.07) is 5.05. The zero-order valence-corrected chi connectivity index (χ0v) is 20.0. The summed E-state index contributed by atoms with van der Waals surface area (Å²) in [6.45, 7) is 5.21. The molecule has 1 fully saturated rings. The van der Waals surface area contributed by atoms with Crippen LogP contribution in [0.3, 0.4) is 0 Å². The first-order chi connectivity index (χ1) is 16.4. The maximum absolute atomic E-state index is 15.9. The molecule has 10 heteroatoms. The molecule has 3 aromatic rings. The zero-order valence-electron chi connectivity index (χ0n) is 20.0. The molecular formula is C25H27F4N5O. The van der Waals surface area contributed by atoms with Gasteiger partial charge in [-0.3, -0.25) is 14.8 Å². The van der Waals surface area contributed by atoms with Gasteiger partial charge in [-0.2, -0.15) is 13.2 Å². The van der Waals surface area contributed by atoms with E-state index in [1.165, 1.54) is 19.9 Å². The van der Waals surface area contributed by atoms with Crippen molar-refractivity contribution in [3.05, 3.63) is 64.7 Å². The lowest BCUT2D eigenvalue weighted by atomic mass is 9.89. The summed E-state index contributed by atoms with van der Waals surface area (Å²) in [5.41, 5.74) is -0.636. The largest absolute Gasteiger partial charge is 0.416 e. The number of carbonyl (C=O) groups excluding carboxylic acids is 1. The smallest absolute Gasteiger partial charge is 0.343 e. The van der Waals surface area contributed by atoms with E-state index in [1.54, 1.807) is 48.1 Å². The van der Waals surface area contributed by atoms with Crippen molar-refractivity contribution in [2.75, 3.05) is 13.1 Å². The van der Waals surface area contributed by atoms with Gasteiger partial charge in [-0.25, -0.2) is 9.37 Å². The number of benzene rings is 1. The molecule has 6 nitrogen and oxygen atoms in total. The van der Waals surface area contributed by atoms with Crippen LogP contribution in [0.1, 0.15) is 55.1 Å². The minimum atomic E-state index is -4.46. The average Bonchev–Trinajstić information content (AvgIpc) is 2.80. The molecule has 1 aliphatic heterocycles. The number of aryl methyl sites for hydroxylation is 1. The number of likely N-dealkylation sites (tertiary alicyclic amines) is 1. The number of rotatable bonds is 3. The van der Waals surface area contributed by atoms with Crippen molar-refractivity contribution in [2.24, 2.45) is 12.0 Å². The molecule has 1 aliphatic rings. The Morgan fingerprint density at radius 3 is 2.51 bits per heavy atom. The highest BCUT2D eigenvalue weighted by molar-refractivity contribution is 5.77. The SMILES string of the molecule is CC(=O)N1CCC(F)(c2cc3/c(=N/[C@H](C)c4cccc(C(F)(F)F)c4C)ncn(C)c3cn2)CC1. The normalized spacial score (nSPS) is 17.6.